The van der Waals surface area contributed by atoms with Crippen molar-refractivity contribution in [3.05, 3.63) is 41.6 Å². The van der Waals surface area contributed by atoms with Crippen LogP contribution in [0.2, 0.25) is 5.15 Å². The zero-order chi connectivity index (χ0) is 14.7. The summed E-state index contributed by atoms with van der Waals surface area (Å²) in [5, 5.41) is 0.366. The van der Waals surface area contributed by atoms with Gasteiger partial charge in [0, 0.05) is 25.2 Å². The predicted octanol–water partition coefficient (Wildman–Crippen LogP) is 2.85. The number of benzene rings is 1. The van der Waals surface area contributed by atoms with Crippen LogP contribution in [0.3, 0.4) is 0 Å². The number of hydrogen-bond acceptors (Lipinski definition) is 5. The molecule has 1 aromatic carbocycles. The number of para-hydroxylation sites is 1. The Labute approximate surface area is 128 Å². The fraction of sp³-hybridized carbons (Fsp3) is 0.333. The minimum absolute atomic E-state index is 0.172. The van der Waals surface area contributed by atoms with Crippen molar-refractivity contribution >= 4 is 17.4 Å². The predicted molar refractivity (Wildman–Crippen MR) is 83.0 cm³/mol. The normalized spacial score (nSPS) is 18.6. The summed E-state index contributed by atoms with van der Waals surface area (Å²) in [5.74, 6) is 1.44. The summed E-state index contributed by atoms with van der Waals surface area (Å²) < 4.78 is 5.65. The van der Waals surface area contributed by atoms with Crippen molar-refractivity contribution in [1.29, 1.82) is 0 Å². The highest BCUT2D eigenvalue weighted by atomic mass is 35.5. The lowest BCUT2D eigenvalue weighted by Gasteiger charge is -2.31. The van der Waals surface area contributed by atoms with Gasteiger partial charge >= 0.3 is 6.01 Å². The van der Waals surface area contributed by atoms with Gasteiger partial charge in [0.1, 0.15) is 16.7 Å². The fourth-order valence-corrected chi connectivity index (χ4v) is 2.57. The van der Waals surface area contributed by atoms with E-state index in [0.29, 0.717) is 10.9 Å². The maximum Gasteiger partial charge on any atom is 0.325 e. The third-order valence-corrected chi connectivity index (χ3v) is 3.59. The van der Waals surface area contributed by atoms with Gasteiger partial charge in [-0.15, -0.1) is 0 Å². The number of nitrogens with zero attached hydrogens (tertiary/aromatic N) is 3. The first-order valence-corrected chi connectivity index (χ1v) is 7.36. The number of piperidine rings is 1. The van der Waals surface area contributed by atoms with Crippen LogP contribution in [0.5, 0.6) is 11.8 Å². The first-order chi connectivity index (χ1) is 10.2. The number of hydrogen-bond donors (Lipinski definition) is 1. The van der Waals surface area contributed by atoms with Crippen LogP contribution in [0, 0.1) is 0 Å². The molecule has 0 saturated carbocycles. The van der Waals surface area contributed by atoms with E-state index in [4.69, 9.17) is 22.1 Å². The molecule has 1 fully saturated rings. The average Bonchev–Trinajstić information content (AvgIpc) is 2.48. The number of rotatable bonds is 3. The van der Waals surface area contributed by atoms with Crippen LogP contribution in [0.15, 0.2) is 36.4 Å². The summed E-state index contributed by atoms with van der Waals surface area (Å²) >= 11 is 6.08. The summed E-state index contributed by atoms with van der Waals surface area (Å²) in [7, 11) is 0. The molecular formula is C15H17ClN4O. The molecule has 110 valence electrons. The molecule has 2 heterocycles. The number of aromatic nitrogens is 2. The Morgan fingerprint density at radius 3 is 2.81 bits per heavy atom. The van der Waals surface area contributed by atoms with Gasteiger partial charge in [-0.3, -0.25) is 0 Å². The Morgan fingerprint density at radius 2 is 2.05 bits per heavy atom. The number of anilines is 1. The van der Waals surface area contributed by atoms with Gasteiger partial charge in [-0.1, -0.05) is 29.8 Å². The van der Waals surface area contributed by atoms with E-state index < -0.39 is 0 Å². The molecule has 6 heteroatoms. The van der Waals surface area contributed by atoms with Crippen molar-refractivity contribution in [3.63, 3.8) is 0 Å². The Hall–Kier alpha value is -1.85. The summed E-state index contributed by atoms with van der Waals surface area (Å²) in [6, 6.07) is 11.6. The number of ether oxygens (including phenoxy) is 1. The second kappa shape index (κ2) is 6.28. The molecule has 1 aliphatic rings. The second-order valence-corrected chi connectivity index (χ2v) is 5.48. The molecule has 0 bridgehead atoms. The van der Waals surface area contributed by atoms with Crippen LogP contribution in [-0.4, -0.2) is 29.1 Å². The van der Waals surface area contributed by atoms with Crippen LogP contribution in [0.1, 0.15) is 12.8 Å². The molecule has 3 rings (SSSR count). The van der Waals surface area contributed by atoms with E-state index in [0.717, 1.165) is 31.7 Å². The van der Waals surface area contributed by atoms with Gasteiger partial charge in [-0.25, -0.2) is 0 Å². The van der Waals surface area contributed by atoms with E-state index in [-0.39, 0.29) is 12.1 Å². The van der Waals surface area contributed by atoms with Crippen molar-refractivity contribution in [3.8, 4) is 11.8 Å². The lowest BCUT2D eigenvalue weighted by atomic mass is 10.1. The highest BCUT2D eigenvalue weighted by molar-refractivity contribution is 6.29. The van der Waals surface area contributed by atoms with Crippen LogP contribution in [0.4, 0.5) is 5.82 Å². The van der Waals surface area contributed by atoms with Crippen LogP contribution in [-0.2, 0) is 0 Å². The largest absolute Gasteiger partial charge is 0.424 e. The topological polar surface area (TPSA) is 64.3 Å². The Kier molecular flexibility index (Phi) is 4.22. The molecule has 0 aliphatic carbocycles. The van der Waals surface area contributed by atoms with Crippen LogP contribution >= 0.6 is 11.6 Å². The van der Waals surface area contributed by atoms with Crippen molar-refractivity contribution in [2.24, 2.45) is 5.73 Å². The smallest absolute Gasteiger partial charge is 0.325 e. The molecule has 0 radical (unpaired) electrons. The highest BCUT2D eigenvalue weighted by Gasteiger charge is 2.19. The standard InChI is InChI=1S/C15H17ClN4O/c16-13-9-14(20-8-4-5-11(17)10-20)19-15(18-13)21-12-6-2-1-3-7-12/h1-3,6-7,9,11H,4-5,8,10,17H2. The van der Waals surface area contributed by atoms with E-state index in [1.54, 1.807) is 6.07 Å². The molecule has 1 unspecified atom stereocenters. The Bertz CT molecular complexity index is 608. The van der Waals surface area contributed by atoms with Crippen molar-refractivity contribution in [2.75, 3.05) is 18.0 Å². The maximum absolute atomic E-state index is 6.08. The van der Waals surface area contributed by atoms with Gasteiger partial charge in [0.05, 0.1) is 0 Å². The molecule has 21 heavy (non-hydrogen) atoms. The molecule has 2 N–H and O–H groups in total. The zero-order valence-corrected chi connectivity index (χ0v) is 12.3. The first-order valence-electron chi connectivity index (χ1n) is 6.99. The fourth-order valence-electron chi connectivity index (χ4n) is 2.41. The first kappa shape index (κ1) is 14.1. The van der Waals surface area contributed by atoms with Crippen molar-refractivity contribution in [2.45, 2.75) is 18.9 Å². The Balaban J connectivity index is 1.82. The molecule has 1 atom stereocenters. The van der Waals surface area contributed by atoms with Gasteiger partial charge < -0.3 is 15.4 Å². The molecule has 0 spiro atoms. The minimum atomic E-state index is 0.172. The molecule has 1 aromatic heterocycles. The highest BCUT2D eigenvalue weighted by Crippen LogP contribution is 2.25. The van der Waals surface area contributed by atoms with Gasteiger partial charge in [-0.2, -0.15) is 9.97 Å². The monoisotopic (exact) mass is 304 g/mol. The quantitative estimate of drug-likeness (QED) is 0.883. The van der Waals surface area contributed by atoms with Crippen molar-refractivity contribution < 1.29 is 4.74 Å². The van der Waals surface area contributed by atoms with Crippen LogP contribution < -0.4 is 15.4 Å². The second-order valence-electron chi connectivity index (χ2n) is 5.09. The van der Waals surface area contributed by atoms with E-state index in [9.17, 15) is 0 Å². The molecule has 1 saturated heterocycles. The Morgan fingerprint density at radius 1 is 1.24 bits per heavy atom. The number of nitrogens with two attached hydrogens (primary N) is 1. The molecule has 0 amide bonds. The van der Waals surface area contributed by atoms with E-state index >= 15 is 0 Å². The average molecular weight is 305 g/mol. The van der Waals surface area contributed by atoms with E-state index in [1.807, 2.05) is 30.3 Å². The minimum Gasteiger partial charge on any atom is -0.424 e. The third kappa shape index (κ3) is 3.62. The summed E-state index contributed by atoms with van der Waals surface area (Å²) in [4.78, 5) is 10.7. The summed E-state index contributed by atoms with van der Waals surface area (Å²) in [6.07, 6.45) is 2.10. The molecule has 1 aliphatic heterocycles. The van der Waals surface area contributed by atoms with Gasteiger partial charge in [-0.05, 0) is 25.0 Å². The molecular weight excluding hydrogens is 288 g/mol. The lowest BCUT2D eigenvalue weighted by molar-refractivity contribution is 0.439. The van der Waals surface area contributed by atoms with Crippen LogP contribution in [0.25, 0.3) is 0 Å². The maximum atomic E-state index is 6.08. The van der Waals surface area contributed by atoms with Gasteiger partial charge in [0.15, 0.2) is 0 Å². The third-order valence-electron chi connectivity index (χ3n) is 3.40. The van der Waals surface area contributed by atoms with Gasteiger partial charge in [0.25, 0.3) is 0 Å². The summed E-state index contributed by atoms with van der Waals surface area (Å²) in [6.45, 7) is 1.70. The SMILES string of the molecule is NC1CCCN(c2cc(Cl)nc(Oc3ccccc3)n2)C1. The van der Waals surface area contributed by atoms with E-state index in [2.05, 4.69) is 14.9 Å². The molecule has 2 aromatic rings. The van der Waals surface area contributed by atoms with Crippen molar-refractivity contribution in [1.82, 2.24) is 9.97 Å². The molecule has 5 nitrogen and oxygen atoms in total. The zero-order valence-electron chi connectivity index (χ0n) is 11.6. The van der Waals surface area contributed by atoms with E-state index in [1.165, 1.54) is 0 Å². The summed E-state index contributed by atoms with van der Waals surface area (Å²) in [5.41, 5.74) is 6.01. The van der Waals surface area contributed by atoms with Gasteiger partial charge in [0.2, 0.25) is 0 Å². The lowest BCUT2D eigenvalue weighted by Crippen LogP contribution is -2.43. The number of halogens is 1.